The quantitative estimate of drug-likeness (QED) is 0.303. The van der Waals surface area contributed by atoms with Crippen molar-refractivity contribution in [3.8, 4) is 11.2 Å². The van der Waals surface area contributed by atoms with Crippen LogP contribution in [0.5, 0.6) is 0 Å². The van der Waals surface area contributed by atoms with Crippen LogP contribution >= 0.6 is 12.6 Å². The monoisotopic (exact) mass is 115 g/mol. The summed E-state index contributed by atoms with van der Waals surface area (Å²) in [5.74, 6) is 2.80. The fourth-order valence-electron chi connectivity index (χ4n) is 0.243. The van der Waals surface area contributed by atoms with E-state index in [9.17, 15) is 0 Å². The third-order valence-corrected chi connectivity index (χ3v) is 0.737. The Bertz CT molecular complexity index is 79.8. The average molecular weight is 115 g/mol. The van der Waals surface area contributed by atoms with Crippen LogP contribution in [0, 0.1) is 11.2 Å². The molecule has 0 rings (SSSR count). The Morgan fingerprint density at radius 1 is 1.71 bits per heavy atom. The topological polar surface area (TPSA) is 12.0 Å². The first-order chi connectivity index (χ1) is 3.41. The molecular weight excluding hydrogens is 106 g/mol. The minimum Gasteiger partial charge on any atom is -0.319 e. The van der Waals surface area contributed by atoms with Crippen LogP contribution in [0.2, 0.25) is 0 Å². The lowest BCUT2D eigenvalue weighted by atomic mass is 10.4. The number of nitrogens with one attached hydrogen (secondary N) is 1. The van der Waals surface area contributed by atoms with Crippen molar-refractivity contribution in [2.75, 3.05) is 13.6 Å². The van der Waals surface area contributed by atoms with Crippen molar-refractivity contribution in [2.45, 2.75) is 6.42 Å². The molecule has 7 heavy (non-hydrogen) atoms. The molecule has 1 N–H and O–H groups in total. The summed E-state index contributed by atoms with van der Waals surface area (Å²) in [4.78, 5) is 0. The standard InChI is InChI=1S/C5H9NS/c1-6-4-2-3-5-7/h6-7H,2,4H2,1H3. The smallest absolute Gasteiger partial charge is 0.0223 e. The minimum absolute atomic E-state index is 0.889. The summed E-state index contributed by atoms with van der Waals surface area (Å²) in [5, 5.41) is 5.47. The molecule has 0 atom stereocenters. The van der Waals surface area contributed by atoms with Crippen LogP contribution in [0.15, 0.2) is 0 Å². The van der Waals surface area contributed by atoms with Gasteiger partial charge in [-0.15, -0.1) is 0 Å². The Kier molecular flexibility index (Phi) is 5.76. The van der Waals surface area contributed by atoms with Crippen LogP contribution < -0.4 is 5.32 Å². The van der Waals surface area contributed by atoms with E-state index < -0.39 is 0 Å². The van der Waals surface area contributed by atoms with Crippen molar-refractivity contribution in [3.05, 3.63) is 0 Å². The molecule has 1 nitrogen and oxygen atoms in total. The Balaban J connectivity index is 2.78. The predicted octanol–water partition coefficient (Wildman–Crippen LogP) is 0.487. The molecule has 0 bridgehead atoms. The maximum absolute atomic E-state index is 3.70. The second-order valence-corrected chi connectivity index (χ2v) is 1.37. The third kappa shape index (κ3) is 5.87. The number of hydrogen-bond donors (Lipinski definition) is 2. The molecule has 0 aliphatic heterocycles. The SMILES string of the molecule is CNCCC#CS. The summed E-state index contributed by atoms with van der Waals surface area (Å²) in [7, 11) is 1.90. The van der Waals surface area contributed by atoms with Crippen LogP contribution in [-0.4, -0.2) is 13.6 Å². The van der Waals surface area contributed by atoms with Gasteiger partial charge in [-0.25, -0.2) is 0 Å². The first-order valence-corrected chi connectivity index (χ1v) is 2.63. The van der Waals surface area contributed by atoms with Crippen LogP contribution in [0.3, 0.4) is 0 Å². The normalized spacial score (nSPS) is 7.14. The largest absolute Gasteiger partial charge is 0.319 e. The first-order valence-electron chi connectivity index (χ1n) is 2.18. The summed E-state index contributed by atoms with van der Waals surface area (Å²) >= 11 is 3.70. The van der Waals surface area contributed by atoms with Gasteiger partial charge in [0.2, 0.25) is 0 Å². The molecule has 0 spiro atoms. The molecule has 0 saturated carbocycles. The van der Waals surface area contributed by atoms with E-state index >= 15 is 0 Å². The average Bonchev–Trinajstić information content (AvgIpc) is 1.69. The van der Waals surface area contributed by atoms with Gasteiger partial charge in [0.15, 0.2) is 0 Å². The molecule has 0 aliphatic rings. The Morgan fingerprint density at radius 3 is 2.86 bits per heavy atom. The van der Waals surface area contributed by atoms with Crippen LogP contribution in [-0.2, 0) is 0 Å². The highest BCUT2D eigenvalue weighted by Gasteiger charge is 1.70. The maximum atomic E-state index is 3.70. The molecule has 0 aromatic rings. The predicted molar refractivity (Wildman–Crippen MR) is 35.3 cm³/mol. The Morgan fingerprint density at radius 2 is 2.43 bits per heavy atom. The van der Waals surface area contributed by atoms with Crippen molar-refractivity contribution in [2.24, 2.45) is 0 Å². The van der Waals surface area contributed by atoms with E-state index in [2.05, 4.69) is 29.1 Å². The van der Waals surface area contributed by atoms with Gasteiger partial charge in [0, 0.05) is 13.0 Å². The highest BCUT2D eigenvalue weighted by Crippen LogP contribution is 1.69. The molecule has 0 saturated heterocycles. The fourth-order valence-corrected chi connectivity index (χ4v) is 0.355. The van der Waals surface area contributed by atoms with Gasteiger partial charge in [0.05, 0.1) is 0 Å². The zero-order valence-corrected chi connectivity index (χ0v) is 5.26. The lowest BCUT2D eigenvalue weighted by Gasteiger charge is -1.85. The molecular formula is C5H9NS. The summed E-state index contributed by atoms with van der Waals surface area (Å²) in [6, 6.07) is 0. The molecule has 0 fully saturated rings. The minimum atomic E-state index is 0.889. The van der Waals surface area contributed by atoms with Crippen molar-refractivity contribution in [3.63, 3.8) is 0 Å². The molecule has 0 aliphatic carbocycles. The van der Waals surface area contributed by atoms with E-state index in [1.165, 1.54) is 0 Å². The van der Waals surface area contributed by atoms with Gasteiger partial charge in [0.1, 0.15) is 0 Å². The highest BCUT2D eigenvalue weighted by atomic mass is 32.1. The van der Waals surface area contributed by atoms with E-state index in [1.807, 2.05) is 7.05 Å². The van der Waals surface area contributed by atoms with E-state index in [4.69, 9.17) is 0 Å². The molecule has 0 amide bonds. The van der Waals surface area contributed by atoms with Gasteiger partial charge < -0.3 is 5.32 Å². The second-order valence-electron chi connectivity index (χ2n) is 1.14. The van der Waals surface area contributed by atoms with E-state index in [-0.39, 0.29) is 0 Å². The number of thiol groups is 1. The van der Waals surface area contributed by atoms with Gasteiger partial charge in [-0.2, -0.15) is 0 Å². The molecule has 0 aromatic heterocycles. The van der Waals surface area contributed by atoms with Crippen LogP contribution in [0.4, 0.5) is 0 Å². The maximum Gasteiger partial charge on any atom is 0.0223 e. The van der Waals surface area contributed by atoms with Crippen molar-refractivity contribution >= 4 is 12.6 Å². The lowest BCUT2D eigenvalue weighted by molar-refractivity contribution is 0.819. The van der Waals surface area contributed by atoms with Crippen molar-refractivity contribution in [1.82, 2.24) is 5.32 Å². The molecule has 0 unspecified atom stereocenters. The van der Waals surface area contributed by atoms with Gasteiger partial charge in [-0.3, -0.25) is 0 Å². The van der Waals surface area contributed by atoms with E-state index in [0.717, 1.165) is 13.0 Å². The summed E-state index contributed by atoms with van der Waals surface area (Å²) < 4.78 is 0. The Labute approximate surface area is 49.9 Å². The summed E-state index contributed by atoms with van der Waals surface area (Å²) in [6.45, 7) is 0.952. The second kappa shape index (κ2) is 5.87. The summed E-state index contributed by atoms with van der Waals surface area (Å²) in [6.07, 6.45) is 0.889. The molecule has 40 valence electrons. The van der Waals surface area contributed by atoms with Gasteiger partial charge in [-0.1, -0.05) is 18.5 Å². The van der Waals surface area contributed by atoms with Gasteiger partial charge in [-0.05, 0) is 12.3 Å². The third-order valence-electron chi connectivity index (χ3n) is 0.579. The van der Waals surface area contributed by atoms with E-state index in [0.29, 0.717) is 0 Å². The van der Waals surface area contributed by atoms with Gasteiger partial charge >= 0.3 is 0 Å². The molecule has 0 aromatic carbocycles. The lowest BCUT2D eigenvalue weighted by Crippen LogP contribution is -2.05. The number of rotatable bonds is 2. The fraction of sp³-hybridized carbons (Fsp3) is 0.600. The van der Waals surface area contributed by atoms with Crippen LogP contribution in [0.1, 0.15) is 6.42 Å². The molecule has 0 heterocycles. The van der Waals surface area contributed by atoms with Gasteiger partial charge in [0.25, 0.3) is 0 Å². The summed E-state index contributed by atoms with van der Waals surface area (Å²) in [5.41, 5.74) is 0. The molecule has 0 radical (unpaired) electrons. The number of hydrogen-bond acceptors (Lipinski definition) is 2. The van der Waals surface area contributed by atoms with E-state index in [1.54, 1.807) is 0 Å². The highest BCUT2D eigenvalue weighted by molar-refractivity contribution is 7.85. The van der Waals surface area contributed by atoms with Crippen molar-refractivity contribution in [1.29, 1.82) is 0 Å². The van der Waals surface area contributed by atoms with Crippen LogP contribution in [0.25, 0.3) is 0 Å². The Hall–Kier alpha value is -0.130. The van der Waals surface area contributed by atoms with Crippen molar-refractivity contribution < 1.29 is 0 Å². The zero-order chi connectivity index (χ0) is 5.54. The first kappa shape index (κ1) is 6.87. The molecule has 2 heteroatoms. The zero-order valence-electron chi connectivity index (χ0n) is 4.36.